The van der Waals surface area contributed by atoms with Crippen LogP contribution in [0.5, 0.6) is 5.75 Å². The molecule has 160 valence electrons. The van der Waals surface area contributed by atoms with Gasteiger partial charge in [-0.1, -0.05) is 18.6 Å². The molecule has 0 spiro atoms. The Morgan fingerprint density at radius 2 is 1.73 bits per heavy atom. The zero-order valence-electron chi connectivity index (χ0n) is 17.7. The molecule has 0 N–H and O–H groups in total. The normalized spacial score (nSPS) is 11.9. The first-order valence-corrected chi connectivity index (χ1v) is 10.9. The Morgan fingerprint density at radius 3 is 2.37 bits per heavy atom. The first kappa shape index (κ1) is 21.8. The van der Waals surface area contributed by atoms with Crippen LogP contribution in [0, 0.1) is 6.92 Å². The van der Waals surface area contributed by atoms with E-state index in [1.807, 2.05) is 13.0 Å². The molecule has 0 aliphatic rings. The summed E-state index contributed by atoms with van der Waals surface area (Å²) < 4.78 is 35.7. The zero-order valence-corrected chi connectivity index (χ0v) is 18.5. The third-order valence-electron chi connectivity index (χ3n) is 5.21. The lowest BCUT2D eigenvalue weighted by Gasteiger charge is -2.20. The van der Waals surface area contributed by atoms with Gasteiger partial charge in [-0.2, -0.15) is 4.31 Å². The van der Waals surface area contributed by atoms with Gasteiger partial charge in [0.2, 0.25) is 10.0 Å². The Bertz CT molecular complexity index is 1290. The molecule has 0 aliphatic heterocycles. The quantitative estimate of drug-likeness (QED) is 0.534. The molecule has 0 saturated heterocycles. The van der Waals surface area contributed by atoms with Crippen LogP contribution >= 0.6 is 0 Å². The van der Waals surface area contributed by atoms with Crippen molar-refractivity contribution in [2.24, 2.45) is 14.1 Å². The lowest BCUT2D eigenvalue weighted by atomic mass is 10.1. The van der Waals surface area contributed by atoms with Crippen LogP contribution in [0.4, 0.5) is 0 Å². The fourth-order valence-corrected chi connectivity index (χ4v) is 4.87. The van der Waals surface area contributed by atoms with Crippen LogP contribution < -0.4 is 10.4 Å². The van der Waals surface area contributed by atoms with E-state index in [-0.39, 0.29) is 29.5 Å². The van der Waals surface area contributed by atoms with Crippen molar-refractivity contribution in [1.29, 1.82) is 0 Å². The topological polar surface area (TPSA) is 90.6 Å². The molecule has 1 aromatic heterocycles. The van der Waals surface area contributed by atoms with E-state index in [0.29, 0.717) is 22.3 Å². The first-order valence-electron chi connectivity index (χ1n) is 9.45. The van der Waals surface area contributed by atoms with Crippen molar-refractivity contribution in [2.45, 2.75) is 18.7 Å². The average Bonchev–Trinajstić information content (AvgIpc) is 2.95. The largest absolute Gasteiger partial charge is 0.496 e. The Kier molecular flexibility index (Phi) is 5.87. The lowest BCUT2D eigenvalue weighted by molar-refractivity contribution is 0.0964. The maximum absolute atomic E-state index is 13.2. The number of likely N-dealkylation sites (N-methyl/N-ethyl adjacent to an activating group) is 1. The number of methoxy groups -OCH3 is 1. The number of benzene rings is 2. The van der Waals surface area contributed by atoms with Gasteiger partial charge in [-0.15, -0.1) is 0 Å². The second-order valence-electron chi connectivity index (χ2n) is 7.11. The Hall–Kier alpha value is -2.91. The smallest absolute Gasteiger partial charge is 0.328 e. The van der Waals surface area contributed by atoms with Crippen molar-refractivity contribution in [2.75, 3.05) is 20.2 Å². The van der Waals surface area contributed by atoms with Crippen LogP contribution in [0.15, 0.2) is 46.1 Å². The molecule has 0 saturated carbocycles. The highest BCUT2D eigenvalue weighted by molar-refractivity contribution is 7.89. The predicted octanol–water partition coefficient (Wildman–Crippen LogP) is 2.09. The van der Waals surface area contributed by atoms with E-state index >= 15 is 0 Å². The second kappa shape index (κ2) is 8.08. The molecule has 0 atom stereocenters. The third kappa shape index (κ3) is 3.66. The maximum atomic E-state index is 13.2. The average molecular weight is 432 g/mol. The number of imidazole rings is 1. The summed E-state index contributed by atoms with van der Waals surface area (Å²) in [7, 11) is 0.738. The maximum Gasteiger partial charge on any atom is 0.328 e. The van der Waals surface area contributed by atoms with Gasteiger partial charge in [-0.05, 0) is 37.3 Å². The minimum Gasteiger partial charge on any atom is -0.496 e. The van der Waals surface area contributed by atoms with Crippen LogP contribution in [0.25, 0.3) is 11.0 Å². The molecule has 0 aliphatic carbocycles. The van der Waals surface area contributed by atoms with Crippen molar-refractivity contribution < 1.29 is 17.9 Å². The summed E-state index contributed by atoms with van der Waals surface area (Å²) in [5, 5.41) is 0. The first-order chi connectivity index (χ1) is 14.1. The highest BCUT2D eigenvalue weighted by atomic mass is 32.2. The van der Waals surface area contributed by atoms with Gasteiger partial charge in [0.25, 0.3) is 0 Å². The van der Waals surface area contributed by atoms with Gasteiger partial charge < -0.3 is 4.74 Å². The molecule has 3 aromatic rings. The van der Waals surface area contributed by atoms with E-state index in [1.165, 1.54) is 28.4 Å². The number of carbonyl (C=O) groups excluding carboxylic acids is 1. The van der Waals surface area contributed by atoms with Crippen LogP contribution in [0.2, 0.25) is 0 Å². The van der Waals surface area contributed by atoms with E-state index in [9.17, 15) is 18.0 Å². The van der Waals surface area contributed by atoms with Crippen LogP contribution in [0.3, 0.4) is 0 Å². The van der Waals surface area contributed by atoms with Gasteiger partial charge in [0, 0.05) is 20.6 Å². The molecule has 9 heteroatoms. The number of hydrogen-bond acceptors (Lipinski definition) is 5. The lowest BCUT2D eigenvalue weighted by Crippen LogP contribution is -2.35. The molecule has 0 radical (unpaired) electrons. The van der Waals surface area contributed by atoms with Crippen molar-refractivity contribution in [3.63, 3.8) is 0 Å². The van der Waals surface area contributed by atoms with E-state index in [2.05, 4.69) is 0 Å². The summed E-state index contributed by atoms with van der Waals surface area (Å²) in [4.78, 5) is 25.1. The molecule has 0 amide bonds. The van der Waals surface area contributed by atoms with Crippen LogP contribution in [0.1, 0.15) is 22.8 Å². The summed E-state index contributed by atoms with van der Waals surface area (Å²) in [6, 6.07) is 9.72. The number of fused-ring (bicyclic) bond motifs is 1. The number of ketones is 1. The molecular formula is C21H25N3O5S. The molecule has 1 heterocycles. The van der Waals surface area contributed by atoms with Gasteiger partial charge in [0.1, 0.15) is 5.75 Å². The Balaban J connectivity index is 1.99. The summed E-state index contributed by atoms with van der Waals surface area (Å²) >= 11 is 0. The van der Waals surface area contributed by atoms with Gasteiger partial charge >= 0.3 is 5.69 Å². The minimum absolute atomic E-state index is 0.0297. The minimum atomic E-state index is -3.95. The fourth-order valence-electron chi connectivity index (χ4n) is 3.45. The van der Waals surface area contributed by atoms with E-state index in [1.54, 1.807) is 39.2 Å². The van der Waals surface area contributed by atoms with Crippen LogP contribution in [-0.2, 0) is 24.1 Å². The summed E-state index contributed by atoms with van der Waals surface area (Å²) in [5.41, 5.74) is 2.11. The second-order valence-corrected chi connectivity index (χ2v) is 9.05. The highest BCUT2D eigenvalue weighted by Crippen LogP contribution is 2.24. The number of Topliss-reactive ketones (excluding diaryl/α,β-unsaturated/α-hetero) is 1. The van der Waals surface area contributed by atoms with Gasteiger partial charge in [-0.3, -0.25) is 13.9 Å². The number of carbonyl (C=O) groups is 1. The van der Waals surface area contributed by atoms with Gasteiger partial charge in [-0.25, -0.2) is 13.2 Å². The summed E-state index contributed by atoms with van der Waals surface area (Å²) in [5.74, 6) is 0.0499. The standard InChI is InChI=1S/C21H25N3O5S/c1-6-24(13-19(25)16-11-14(2)7-10-20(16)29-5)30(27,28)15-8-9-17-18(12-15)23(4)21(26)22(17)3/h7-12H,6,13H2,1-5H3. The molecule has 0 unspecified atom stereocenters. The monoisotopic (exact) mass is 431 g/mol. The summed E-state index contributed by atoms with van der Waals surface area (Å²) in [6.07, 6.45) is 0. The molecular weight excluding hydrogens is 406 g/mol. The number of hydrogen-bond donors (Lipinski definition) is 0. The Labute approximate surface area is 175 Å². The highest BCUT2D eigenvalue weighted by Gasteiger charge is 2.27. The number of nitrogens with zero attached hydrogens (tertiary/aromatic N) is 3. The van der Waals surface area contributed by atoms with E-state index < -0.39 is 10.0 Å². The zero-order chi connectivity index (χ0) is 22.2. The molecule has 8 nitrogen and oxygen atoms in total. The predicted molar refractivity (Wildman–Crippen MR) is 115 cm³/mol. The molecule has 30 heavy (non-hydrogen) atoms. The number of aryl methyl sites for hydroxylation is 3. The van der Waals surface area contributed by atoms with Crippen molar-refractivity contribution in [3.8, 4) is 5.75 Å². The Morgan fingerprint density at radius 1 is 1.07 bits per heavy atom. The van der Waals surface area contributed by atoms with Gasteiger partial charge in [0.15, 0.2) is 5.78 Å². The third-order valence-corrected chi connectivity index (χ3v) is 7.13. The molecule has 2 aromatic carbocycles. The molecule has 3 rings (SSSR count). The number of ether oxygens (including phenoxy) is 1. The fraction of sp³-hybridized carbons (Fsp3) is 0.333. The molecule has 0 bridgehead atoms. The van der Waals surface area contributed by atoms with E-state index in [4.69, 9.17) is 4.74 Å². The number of rotatable bonds is 7. The number of aromatic nitrogens is 2. The van der Waals surface area contributed by atoms with E-state index in [0.717, 1.165) is 9.87 Å². The number of sulfonamides is 1. The van der Waals surface area contributed by atoms with Crippen molar-refractivity contribution in [1.82, 2.24) is 13.4 Å². The van der Waals surface area contributed by atoms with Crippen LogP contribution in [-0.4, -0.2) is 47.8 Å². The van der Waals surface area contributed by atoms with Crippen molar-refractivity contribution >= 4 is 26.8 Å². The van der Waals surface area contributed by atoms with Gasteiger partial charge in [0.05, 0.1) is 35.1 Å². The summed E-state index contributed by atoms with van der Waals surface area (Å²) in [6.45, 7) is 3.33. The molecule has 0 fully saturated rings. The van der Waals surface area contributed by atoms with Crippen molar-refractivity contribution in [3.05, 3.63) is 58.0 Å². The SMILES string of the molecule is CCN(CC(=O)c1cc(C)ccc1OC)S(=O)(=O)c1ccc2c(c1)n(C)c(=O)n2C.